The van der Waals surface area contributed by atoms with Crippen LogP contribution in [-0.4, -0.2) is 18.4 Å². The van der Waals surface area contributed by atoms with Gasteiger partial charge in [-0.05, 0) is 47.7 Å². The molecule has 2 N–H and O–H groups in total. The lowest BCUT2D eigenvalue weighted by Crippen LogP contribution is -2.43. The molecule has 6 heteroatoms. The van der Waals surface area contributed by atoms with Crippen molar-refractivity contribution in [3.63, 3.8) is 0 Å². The largest absolute Gasteiger partial charge is 0.483 e. The van der Waals surface area contributed by atoms with Crippen LogP contribution in [-0.2, 0) is 9.59 Å². The summed E-state index contributed by atoms with van der Waals surface area (Å²) in [4.78, 5) is 23.6. The van der Waals surface area contributed by atoms with Crippen molar-refractivity contribution in [3.8, 4) is 5.75 Å². The molecule has 2 aromatic rings. The molecule has 0 saturated carbocycles. The molecule has 1 atom stereocenters. The zero-order valence-electron chi connectivity index (χ0n) is 15.4. The van der Waals surface area contributed by atoms with Gasteiger partial charge in [-0.25, -0.2) is 4.39 Å². The Labute approximate surface area is 158 Å². The van der Waals surface area contributed by atoms with E-state index in [9.17, 15) is 14.0 Å². The van der Waals surface area contributed by atoms with Crippen LogP contribution in [0.1, 0.15) is 37.3 Å². The molecule has 0 heterocycles. The normalized spacial score (nSPS) is 11.8. The number of ether oxygens (including phenoxy) is 1. The Balaban J connectivity index is 1.79. The second-order valence-electron chi connectivity index (χ2n) is 6.06. The van der Waals surface area contributed by atoms with Gasteiger partial charge in [0.25, 0.3) is 11.8 Å². The van der Waals surface area contributed by atoms with Gasteiger partial charge < -0.3 is 4.74 Å². The summed E-state index contributed by atoms with van der Waals surface area (Å²) in [5, 5.41) is 0. The van der Waals surface area contributed by atoms with Gasteiger partial charge in [-0.15, -0.1) is 0 Å². The molecule has 0 bridgehead atoms. The van der Waals surface area contributed by atoms with E-state index in [1.807, 2.05) is 24.3 Å². The number of hydrazine groups is 1. The fourth-order valence-electron chi connectivity index (χ4n) is 2.34. The summed E-state index contributed by atoms with van der Waals surface area (Å²) < 4.78 is 18.4. The molecule has 0 fully saturated rings. The molecule has 0 spiro atoms. The second kappa shape index (κ2) is 10.1. The molecule has 2 rings (SSSR count). The number of amides is 2. The van der Waals surface area contributed by atoms with Gasteiger partial charge in [-0.3, -0.25) is 20.4 Å². The summed E-state index contributed by atoms with van der Waals surface area (Å²) >= 11 is 0. The SMILES string of the molecule is CCC(C)c1ccccc1OCC(=O)NNC(=O)/C=C/c1ccc(F)cc1. The summed E-state index contributed by atoms with van der Waals surface area (Å²) in [6, 6.07) is 13.3. The van der Waals surface area contributed by atoms with Crippen LogP contribution in [0.2, 0.25) is 0 Å². The van der Waals surface area contributed by atoms with Crippen molar-refractivity contribution in [2.45, 2.75) is 26.2 Å². The van der Waals surface area contributed by atoms with Gasteiger partial charge in [0.1, 0.15) is 11.6 Å². The molecule has 0 aliphatic rings. The number of halogens is 1. The molecule has 142 valence electrons. The minimum atomic E-state index is -0.507. The zero-order valence-corrected chi connectivity index (χ0v) is 15.4. The predicted octanol–water partition coefficient (Wildman–Crippen LogP) is 3.58. The molecule has 5 nitrogen and oxygen atoms in total. The highest BCUT2D eigenvalue weighted by molar-refractivity contribution is 5.93. The van der Waals surface area contributed by atoms with E-state index >= 15 is 0 Å². The molecule has 0 aliphatic carbocycles. The lowest BCUT2D eigenvalue weighted by Gasteiger charge is -2.15. The first-order valence-corrected chi connectivity index (χ1v) is 8.73. The smallest absolute Gasteiger partial charge is 0.276 e. The van der Waals surface area contributed by atoms with Crippen molar-refractivity contribution >= 4 is 17.9 Å². The van der Waals surface area contributed by atoms with Crippen LogP contribution in [0.4, 0.5) is 4.39 Å². The van der Waals surface area contributed by atoms with Gasteiger partial charge in [0.15, 0.2) is 6.61 Å². The first kappa shape index (κ1) is 20.2. The van der Waals surface area contributed by atoms with Crippen LogP contribution >= 0.6 is 0 Å². The average Bonchev–Trinajstić information content (AvgIpc) is 2.69. The van der Waals surface area contributed by atoms with Crippen molar-refractivity contribution in [1.29, 1.82) is 0 Å². The standard InChI is InChI=1S/C21H23FN2O3/c1-3-15(2)18-6-4-5-7-19(18)27-14-21(26)24-23-20(25)13-10-16-8-11-17(22)12-9-16/h4-13,15H,3,14H2,1-2H3,(H,23,25)(H,24,26)/b13-10+. The lowest BCUT2D eigenvalue weighted by molar-refractivity contribution is -0.128. The molecular formula is C21H23FN2O3. The third-order valence-electron chi connectivity index (χ3n) is 4.04. The summed E-state index contributed by atoms with van der Waals surface area (Å²) in [6.07, 6.45) is 3.72. The third kappa shape index (κ3) is 6.58. The van der Waals surface area contributed by atoms with E-state index in [-0.39, 0.29) is 12.4 Å². The van der Waals surface area contributed by atoms with Crippen LogP contribution in [0.5, 0.6) is 5.75 Å². The number of carbonyl (C=O) groups excluding carboxylic acids is 2. The highest BCUT2D eigenvalue weighted by Crippen LogP contribution is 2.28. The molecule has 2 aromatic carbocycles. The predicted molar refractivity (Wildman–Crippen MR) is 102 cm³/mol. The molecule has 1 unspecified atom stereocenters. The van der Waals surface area contributed by atoms with E-state index < -0.39 is 11.8 Å². The van der Waals surface area contributed by atoms with Crippen LogP contribution in [0.15, 0.2) is 54.6 Å². The maximum atomic E-state index is 12.8. The fourth-order valence-corrected chi connectivity index (χ4v) is 2.34. The lowest BCUT2D eigenvalue weighted by atomic mass is 9.98. The van der Waals surface area contributed by atoms with E-state index in [0.717, 1.165) is 12.0 Å². The van der Waals surface area contributed by atoms with Crippen molar-refractivity contribution in [2.75, 3.05) is 6.61 Å². The highest BCUT2D eigenvalue weighted by atomic mass is 19.1. The molecule has 27 heavy (non-hydrogen) atoms. The molecular weight excluding hydrogens is 347 g/mol. The van der Waals surface area contributed by atoms with Crippen LogP contribution in [0.3, 0.4) is 0 Å². The number of hydrogen-bond acceptors (Lipinski definition) is 3. The Kier molecular flexibility index (Phi) is 7.55. The Morgan fingerprint density at radius 2 is 1.81 bits per heavy atom. The van der Waals surface area contributed by atoms with Crippen molar-refractivity contribution < 1.29 is 18.7 Å². The Hall–Kier alpha value is -3.15. The van der Waals surface area contributed by atoms with E-state index in [1.54, 1.807) is 12.1 Å². The van der Waals surface area contributed by atoms with Gasteiger partial charge in [0.05, 0.1) is 0 Å². The van der Waals surface area contributed by atoms with Gasteiger partial charge in [0, 0.05) is 6.08 Å². The highest BCUT2D eigenvalue weighted by Gasteiger charge is 2.11. The monoisotopic (exact) mass is 370 g/mol. The summed E-state index contributed by atoms with van der Waals surface area (Å²) in [6.45, 7) is 3.97. The van der Waals surface area contributed by atoms with Crippen LogP contribution in [0, 0.1) is 5.82 Å². The van der Waals surface area contributed by atoms with Crippen molar-refractivity contribution in [1.82, 2.24) is 10.9 Å². The Morgan fingerprint density at radius 3 is 2.52 bits per heavy atom. The summed E-state index contributed by atoms with van der Waals surface area (Å²) in [7, 11) is 0. The van der Waals surface area contributed by atoms with E-state index in [2.05, 4.69) is 24.7 Å². The molecule has 2 amide bonds. The van der Waals surface area contributed by atoms with Gasteiger partial charge in [0.2, 0.25) is 0 Å². The van der Waals surface area contributed by atoms with Gasteiger partial charge in [-0.2, -0.15) is 0 Å². The van der Waals surface area contributed by atoms with E-state index in [0.29, 0.717) is 17.2 Å². The van der Waals surface area contributed by atoms with Crippen molar-refractivity contribution in [2.24, 2.45) is 0 Å². The second-order valence-corrected chi connectivity index (χ2v) is 6.06. The number of rotatable bonds is 7. The van der Waals surface area contributed by atoms with Gasteiger partial charge in [-0.1, -0.05) is 44.2 Å². The maximum absolute atomic E-state index is 12.8. The number of carbonyl (C=O) groups is 2. The fraction of sp³-hybridized carbons (Fsp3) is 0.238. The molecule has 0 radical (unpaired) electrons. The van der Waals surface area contributed by atoms with Crippen molar-refractivity contribution in [3.05, 3.63) is 71.6 Å². The van der Waals surface area contributed by atoms with Gasteiger partial charge >= 0.3 is 0 Å². The maximum Gasteiger partial charge on any atom is 0.276 e. The minimum absolute atomic E-state index is 0.213. The Bertz CT molecular complexity index is 803. The minimum Gasteiger partial charge on any atom is -0.483 e. The quantitative estimate of drug-likeness (QED) is 0.578. The van der Waals surface area contributed by atoms with E-state index in [4.69, 9.17) is 4.74 Å². The first-order chi connectivity index (χ1) is 13.0. The number of hydrogen-bond donors (Lipinski definition) is 2. The third-order valence-corrected chi connectivity index (χ3v) is 4.04. The summed E-state index contributed by atoms with van der Waals surface area (Å²) in [5.74, 6) is -0.353. The van der Waals surface area contributed by atoms with Crippen LogP contribution in [0.25, 0.3) is 6.08 Å². The zero-order chi connectivity index (χ0) is 19.6. The number of nitrogens with one attached hydrogen (secondary N) is 2. The first-order valence-electron chi connectivity index (χ1n) is 8.73. The summed E-state index contributed by atoms with van der Waals surface area (Å²) in [5.41, 5.74) is 6.27. The molecule has 0 aromatic heterocycles. The molecule has 0 aliphatic heterocycles. The number of benzene rings is 2. The average molecular weight is 370 g/mol. The Morgan fingerprint density at radius 1 is 1.11 bits per heavy atom. The van der Waals surface area contributed by atoms with E-state index in [1.165, 1.54) is 24.3 Å². The number of para-hydroxylation sites is 1. The van der Waals surface area contributed by atoms with Crippen LogP contribution < -0.4 is 15.6 Å². The molecule has 0 saturated heterocycles. The topological polar surface area (TPSA) is 67.4 Å².